The SMILES string of the molecule is c1ccc(-c2ccc(-c3ccc4c5c(-c6ccccc6)c6c(cc7c8ccccc8c8cccc6c87)c(-c6ccccc6)c5c5cccc3c54)cc2)cc1. The Morgan fingerprint density at radius 2 is 0.630 bits per heavy atom. The quantitative estimate of drug-likeness (QED) is 0.162. The van der Waals surface area contributed by atoms with Crippen molar-refractivity contribution in [1.29, 1.82) is 0 Å². The molecule has 0 aromatic heterocycles. The molecule has 54 heavy (non-hydrogen) atoms. The molecule has 12 aromatic carbocycles. The second-order valence-corrected chi connectivity index (χ2v) is 14.7. The van der Waals surface area contributed by atoms with Crippen LogP contribution in [0.5, 0.6) is 0 Å². The largest absolute Gasteiger partial charge is 0.0622 e. The Morgan fingerprint density at radius 3 is 1.31 bits per heavy atom. The normalized spacial score (nSPS) is 12.1. The molecule has 12 aromatic rings. The Labute approximate surface area is 312 Å². The van der Waals surface area contributed by atoms with Gasteiger partial charge in [-0.25, -0.2) is 0 Å². The highest BCUT2D eigenvalue weighted by Gasteiger charge is 2.26. The van der Waals surface area contributed by atoms with E-state index >= 15 is 0 Å². The Balaban J connectivity index is 1.28. The Morgan fingerprint density at radius 1 is 0.185 bits per heavy atom. The van der Waals surface area contributed by atoms with E-state index in [4.69, 9.17) is 0 Å². The van der Waals surface area contributed by atoms with Crippen LogP contribution in [0, 0.1) is 0 Å². The molecule has 0 unspecified atom stereocenters. The van der Waals surface area contributed by atoms with Gasteiger partial charge in [0.1, 0.15) is 0 Å². The first-order valence-electron chi connectivity index (χ1n) is 18.9. The lowest BCUT2D eigenvalue weighted by molar-refractivity contribution is 1.61. The van der Waals surface area contributed by atoms with Crippen LogP contribution < -0.4 is 0 Å². The van der Waals surface area contributed by atoms with Crippen molar-refractivity contribution in [3.63, 3.8) is 0 Å². The Bertz CT molecular complexity index is 3380. The van der Waals surface area contributed by atoms with Crippen molar-refractivity contribution in [2.45, 2.75) is 0 Å². The lowest BCUT2D eigenvalue weighted by Gasteiger charge is -2.19. The summed E-state index contributed by atoms with van der Waals surface area (Å²) in [6, 6.07) is 72.1. The zero-order valence-electron chi connectivity index (χ0n) is 29.5. The molecule has 0 radical (unpaired) electrons. The number of hydrogen-bond acceptors (Lipinski definition) is 0. The van der Waals surface area contributed by atoms with Crippen molar-refractivity contribution in [2.75, 3.05) is 0 Å². The second-order valence-electron chi connectivity index (χ2n) is 14.7. The predicted molar refractivity (Wildman–Crippen MR) is 233 cm³/mol. The minimum Gasteiger partial charge on any atom is -0.0622 e. The zero-order valence-corrected chi connectivity index (χ0v) is 29.5. The summed E-state index contributed by atoms with van der Waals surface area (Å²) in [5, 5.41) is 18.5. The van der Waals surface area contributed by atoms with Crippen LogP contribution in [0.15, 0.2) is 194 Å². The highest BCUT2D eigenvalue weighted by molar-refractivity contribution is 6.45. The van der Waals surface area contributed by atoms with Gasteiger partial charge in [0, 0.05) is 0 Å². The smallest absolute Gasteiger partial charge is 0.000719 e. The van der Waals surface area contributed by atoms with Crippen LogP contribution in [0.2, 0.25) is 0 Å². The zero-order chi connectivity index (χ0) is 35.3. The van der Waals surface area contributed by atoms with Crippen LogP contribution in [0.25, 0.3) is 120 Å². The highest BCUT2D eigenvalue weighted by atomic mass is 14.3. The van der Waals surface area contributed by atoms with Crippen molar-refractivity contribution >= 4 is 75.4 Å². The summed E-state index contributed by atoms with van der Waals surface area (Å²) in [4.78, 5) is 0. The Kier molecular flexibility index (Phi) is 6.15. The molecule has 0 atom stereocenters. The fourth-order valence-electron chi connectivity index (χ4n) is 9.74. The van der Waals surface area contributed by atoms with Gasteiger partial charge in [-0.3, -0.25) is 0 Å². The van der Waals surface area contributed by atoms with E-state index in [1.54, 1.807) is 0 Å². The maximum atomic E-state index is 2.52. The van der Waals surface area contributed by atoms with Gasteiger partial charge >= 0.3 is 0 Å². The summed E-state index contributed by atoms with van der Waals surface area (Å²) in [6.07, 6.45) is 0. The average Bonchev–Trinajstić information content (AvgIpc) is 3.75. The van der Waals surface area contributed by atoms with E-state index in [0.717, 1.165) is 0 Å². The molecular weight excluding hydrogens is 649 g/mol. The fourth-order valence-corrected chi connectivity index (χ4v) is 9.74. The summed E-state index contributed by atoms with van der Waals surface area (Å²) in [6.45, 7) is 0. The minimum atomic E-state index is 1.23. The number of benzene rings is 10. The van der Waals surface area contributed by atoms with Crippen LogP contribution in [0.3, 0.4) is 0 Å². The fraction of sp³-hybridized carbons (Fsp3) is 0. The summed E-state index contributed by atoms with van der Waals surface area (Å²) in [5.74, 6) is 0. The van der Waals surface area contributed by atoms with Crippen LogP contribution in [0.4, 0.5) is 0 Å². The van der Waals surface area contributed by atoms with E-state index < -0.39 is 0 Å². The van der Waals surface area contributed by atoms with Crippen molar-refractivity contribution in [1.82, 2.24) is 0 Å². The molecule has 0 saturated heterocycles. The number of hydrogen-bond donors (Lipinski definition) is 0. The standard InChI is InChI=1S/C54H32/c1-4-14-33(15-5-1)34-26-28-35(29-27-34)38-30-31-45-50-41(38)22-12-25-44(50)53-48(36-16-6-2-7-17-36)47-32-46-40-21-11-10-20-39(40)42-23-13-24-43(51(42)46)52(47)49(54(45)53)37-18-8-3-9-19-37/h1-32H. The van der Waals surface area contributed by atoms with Gasteiger partial charge in [0.25, 0.3) is 0 Å². The molecule has 0 aliphatic heterocycles. The van der Waals surface area contributed by atoms with E-state index in [0.29, 0.717) is 0 Å². The molecular formula is C54H32. The van der Waals surface area contributed by atoms with Gasteiger partial charge in [-0.05, 0) is 126 Å². The molecule has 0 aliphatic carbocycles. The topological polar surface area (TPSA) is 0 Å². The van der Waals surface area contributed by atoms with Gasteiger partial charge in [0.05, 0.1) is 0 Å². The molecule has 0 nitrogen and oxygen atoms in total. The molecule has 0 saturated carbocycles. The van der Waals surface area contributed by atoms with E-state index in [-0.39, 0.29) is 0 Å². The van der Waals surface area contributed by atoms with Crippen LogP contribution in [0.1, 0.15) is 0 Å². The molecule has 0 spiro atoms. The molecule has 0 N–H and O–H groups in total. The minimum absolute atomic E-state index is 1.23. The molecule has 0 bridgehead atoms. The van der Waals surface area contributed by atoms with Crippen LogP contribution >= 0.6 is 0 Å². The molecule has 12 rings (SSSR count). The molecule has 0 heterocycles. The van der Waals surface area contributed by atoms with E-state index in [2.05, 4.69) is 194 Å². The highest BCUT2D eigenvalue weighted by Crippen LogP contribution is 2.55. The van der Waals surface area contributed by atoms with Gasteiger partial charge in [-0.2, -0.15) is 0 Å². The first-order chi connectivity index (χ1) is 26.8. The summed E-state index contributed by atoms with van der Waals surface area (Å²) < 4.78 is 0. The average molecular weight is 681 g/mol. The number of rotatable bonds is 4. The third-order valence-corrected chi connectivity index (χ3v) is 11.9. The van der Waals surface area contributed by atoms with E-state index in [1.165, 1.54) is 120 Å². The van der Waals surface area contributed by atoms with Gasteiger partial charge in [-0.1, -0.05) is 188 Å². The monoisotopic (exact) mass is 680 g/mol. The van der Waals surface area contributed by atoms with Crippen molar-refractivity contribution in [3.8, 4) is 44.5 Å². The van der Waals surface area contributed by atoms with Gasteiger partial charge < -0.3 is 0 Å². The lowest BCUT2D eigenvalue weighted by Crippen LogP contribution is -1.91. The van der Waals surface area contributed by atoms with Gasteiger partial charge in [0.2, 0.25) is 0 Å². The maximum absolute atomic E-state index is 2.52. The van der Waals surface area contributed by atoms with Crippen LogP contribution in [-0.2, 0) is 0 Å². The third kappa shape index (κ3) is 4.03. The summed E-state index contributed by atoms with van der Waals surface area (Å²) in [7, 11) is 0. The molecule has 0 amide bonds. The first-order valence-corrected chi connectivity index (χ1v) is 18.9. The van der Waals surface area contributed by atoms with Crippen molar-refractivity contribution in [3.05, 3.63) is 194 Å². The number of fused-ring (bicyclic) bond motifs is 8. The predicted octanol–water partition coefficient (Wildman–Crippen LogP) is 15.3. The van der Waals surface area contributed by atoms with E-state index in [1.807, 2.05) is 0 Å². The van der Waals surface area contributed by atoms with E-state index in [9.17, 15) is 0 Å². The first kappa shape index (κ1) is 29.5. The molecule has 248 valence electrons. The van der Waals surface area contributed by atoms with Crippen molar-refractivity contribution < 1.29 is 0 Å². The summed E-state index contributed by atoms with van der Waals surface area (Å²) in [5.41, 5.74) is 10.1. The Hall–Kier alpha value is -7.02. The van der Waals surface area contributed by atoms with Gasteiger partial charge in [-0.15, -0.1) is 0 Å². The summed E-state index contributed by atoms with van der Waals surface area (Å²) >= 11 is 0. The third-order valence-electron chi connectivity index (χ3n) is 11.9. The van der Waals surface area contributed by atoms with Crippen molar-refractivity contribution in [2.24, 2.45) is 0 Å². The second kappa shape index (κ2) is 11.2. The molecule has 0 aliphatic rings. The maximum Gasteiger partial charge on any atom is -0.000719 e. The lowest BCUT2D eigenvalue weighted by atomic mass is 9.84. The van der Waals surface area contributed by atoms with Gasteiger partial charge in [0.15, 0.2) is 0 Å². The molecule has 0 heteroatoms. The van der Waals surface area contributed by atoms with Crippen LogP contribution in [-0.4, -0.2) is 0 Å². The molecule has 0 fully saturated rings.